The summed E-state index contributed by atoms with van der Waals surface area (Å²) < 4.78 is 6.72. The zero-order valence-corrected chi connectivity index (χ0v) is 14.9. The SMILES string of the molecule is COc1ccc(CNC(=O)c2cc(C(C)(C)C)nn2C)cc1Cl. The van der Waals surface area contributed by atoms with E-state index in [4.69, 9.17) is 16.3 Å². The smallest absolute Gasteiger partial charge is 0.269 e. The Morgan fingerprint density at radius 3 is 2.57 bits per heavy atom. The number of methoxy groups -OCH3 is 1. The van der Waals surface area contributed by atoms with Gasteiger partial charge < -0.3 is 10.1 Å². The number of amides is 1. The van der Waals surface area contributed by atoms with Gasteiger partial charge >= 0.3 is 0 Å². The fourth-order valence-electron chi connectivity index (χ4n) is 2.14. The molecule has 1 aromatic heterocycles. The van der Waals surface area contributed by atoms with Crippen molar-refractivity contribution in [3.8, 4) is 5.75 Å². The second-order valence-corrected chi connectivity index (χ2v) is 6.85. The van der Waals surface area contributed by atoms with E-state index in [1.807, 2.05) is 12.1 Å². The second-order valence-electron chi connectivity index (χ2n) is 6.44. The van der Waals surface area contributed by atoms with Crippen molar-refractivity contribution in [2.75, 3.05) is 7.11 Å². The largest absolute Gasteiger partial charge is 0.495 e. The summed E-state index contributed by atoms with van der Waals surface area (Å²) in [6, 6.07) is 7.27. The van der Waals surface area contributed by atoms with Gasteiger partial charge in [-0.25, -0.2) is 0 Å². The molecule has 1 aromatic carbocycles. The first-order valence-electron chi connectivity index (χ1n) is 7.37. The molecule has 0 aliphatic carbocycles. The minimum Gasteiger partial charge on any atom is -0.495 e. The second kappa shape index (κ2) is 6.62. The van der Waals surface area contributed by atoms with E-state index in [2.05, 4.69) is 31.2 Å². The first-order valence-corrected chi connectivity index (χ1v) is 7.75. The number of carbonyl (C=O) groups is 1. The minimum atomic E-state index is -0.164. The topological polar surface area (TPSA) is 56.1 Å². The molecule has 1 amide bonds. The molecule has 0 bridgehead atoms. The highest BCUT2D eigenvalue weighted by molar-refractivity contribution is 6.32. The molecule has 2 rings (SSSR count). The molecule has 124 valence electrons. The van der Waals surface area contributed by atoms with E-state index in [9.17, 15) is 4.79 Å². The van der Waals surface area contributed by atoms with Crippen LogP contribution in [0.4, 0.5) is 0 Å². The molecule has 1 heterocycles. The Kier molecular flexibility index (Phi) is 5.00. The van der Waals surface area contributed by atoms with E-state index < -0.39 is 0 Å². The van der Waals surface area contributed by atoms with Gasteiger partial charge in [-0.2, -0.15) is 5.10 Å². The number of carbonyl (C=O) groups excluding carboxylic acids is 1. The van der Waals surface area contributed by atoms with E-state index in [0.29, 0.717) is 23.0 Å². The zero-order valence-electron chi connectivity index (χ0n) is 14.1. The van der Waals surface area contributed by atoms with Crippen LogP contribution in [-0.2, 0) is 19.0 Å². The predicted molar refractivity (Wildman–Crippen MR) is 91.1 cm³/mol. The van der Waals surface area contributed by atoms with Gasteiger partial charge in [-0.05, 0) is 23.8 Å². The van der Waals surface area contributed by atoms with Crippen LogP contribution in [0.3, 0.4) is 0 Å². The summed E-state index contributed by atoms with van der Waals surface area (Å²) in [6.07, 6.45) is 0. The maximum Gasteiger partial charge on any atom is 0.269 e. The number of halogens is 1. The quantitative estimate of drug-likeness (QED) is 0.932. The van der Waals surface area contributed by atoms with E-state index in [0.717, 1.165) is 11.3 Å². The third-order valence-electron chi connectivity index (χ3n) is 3.55. The molecule has 0 fully saturated rings. The Morgan fingerprint density at radius 2 is 2.04 bits per heavy atom. The lowest BCUT2D eigenvalue weighted by Gasteiger charge is -2.13. The van der Waals surface area contributed by atoms with Gasteiger partial charge in [-0.1, -0.05) is 38.4 Å². The zero-order chi connectivity index (χ0) is 17.2. The van der Waals surface area contributed by atoms with Gasteiger partial charge in [-0.3, -0.25) is 9.48 Å². The Morgan fingerprint density at radius 1 is 1.35 bits per heavy atom. The van der Waals surface area contributed by atoms with Gasteiger partial charge in [0.15, 0.2) is 0 Å². The molecule has 0 saturated carbocycles. The van der Waals surface area contributed by atoms with Crippen molar-refractivity contribution in [1.82, 2.24) is 15.1 Å². The van der Waals surface area contributed by atoms with Gasteiger partial charge in [0, 0.05) is 19.0 Å². The van der Waals surface area contributed by atoms with Crippen LogP contribution in [0.2, 0.25) is 5.02 Å². The molecule has 0 aliphatic heterocycles. The lowest BCUT2D eigenvalue weighted by atomic mass is 9.92. The molecule has 5 nitrogen and oxygen atoms in total. The van der Waals surface area contributed by atoms with Crippen LogP contribution in [0.15, 0.2) is 24.3 Å². The Bertz CT molecular complexity index is 717. The lowest BCUT2D eigenvalue weighted by molar-refractivity contribution is 0.0941. The normalized spacial score (nSPS) is 11.4. The van der Waals surface area contributed by atoms with Crippen molar-refractivity contribution >= 4 is 17.5 Å². The van der Waals surface area contributed by atoms with Crippen molar-refractivity contribution in [3.05, 3.63) is 46.2 Å². The van der Waals surface area contributed by atoms with Crippen LogP contribution >= 0.6 is 11.6 Å². The summed E-state index contributed by atoms with van der Waals surface area (Å²) in [7, 11) is 3.34. The number of aryl methyl sites for hydroxylation is 1. The Hall–Kier alpha value is -2.01. The van der Waals surface area contributed by atoms with Crippen LogP contribution in [0.1, 0.15) is 42.5 Å². The first-order chi connectivity index (χ1) is 10.7. The number of rotatable bonds is 4. The maximum absolute atomic E-state index is 12.4. The molecule has 0 spiro atoms. The summed E-state index contributed by atoms with van der Waals surface area (Å²) >= 11 is 6.09. The molecule has 2 aromatic rings. The van der Waals surface area contributed by atoms with Gasteiger partial charge in [0.1, 0.15) is 11.4 Å². The number of nitrogens with zero attached hydrogens (tertiary/aromatic N) is 2. The number of aromatic nitrogens is 2. The fraction of sp³-hybridized carbons (Fsp3) is 0.412. The van der Waals surface area contributed by atoms with Crippen LogP contribution in [0.25, 0.3) is 0 Å². The van der Waals surface area contributed by atoms with Crippen molar-refractivity contribution in [3.63, 3.8) is 0 Å². The molecule has 0 radical (unpaired) electrons. The highest BCUT2D eigenvalue weighted by Gasteiger charge is 2.21. The molecule has 0 aliphatic rings. The molecule has 0 unspecified atom stereocenters. The van der Waals surface area contributed by atoms with E-state index >= 15 is 0 Å². The number of nitrogens with one attached hydrogen (secondary N) is 1. The van der Waals surface area contributed by atoms with E-state index in [1.165, 1.54) is 0 Å². The van der Waals surface area contributed by atoms with Crippen molar-refractivity contribution in [2.45, 2.75) is 32.7 Å². The van der Waals surface area contributed by atoms with E-state index in [-0.39, 0.29) is 11.3 Å². The average Bonchev–Trinajstić information content (AvgIpc) is 2.87. The molecule has 0 saturated heterocycles. The number of hydrogen-bond acceptors (Lipinski definition) is 3. The number of hydrogen-bond donors (Lipinski definition) is 1. The number of ether oxygens (including phenoxy) is 1. The lowest BCUT2D eigenvalue weighted by Crippen LogP contribution is -2.25. The third kappa shape index (κ3) is 4.05. The number of benzene rings is 1. The van der Waals surface area contributed by atoms with Crippen molar-refractivity contribution < 1.29 is 9.53 Å². The third-order valence-corrected chi connectivity index (χ3v) is 3.85. The maximum atomic E-state index is 12.4. The van der Waals surface area contributed by atoms with Gasteiger partial charge in [-0.15, -0.1) is 0 Å². The molecule has 6 heteroatoms. The molecule has 1 N–H and O–H groups in total. The minimum absolute atomic E-state index is 0.0974. The summed E-state index contributed by atoms with van der Waals surface area (Å²) in [6.45, 7) is 6.59. The standard InChI is InChI=1S/C17H22ClN3O2/c1-17(2,3)15-9-13(21(4)20-15)16(22)19-10-11-6-7-14(23-5)12(18)8-11/h6-9H,10H2,1-5H3,(H,19,22). The average molecular weight is 336 g/mol. The van der Waals surface area contributed by atoms with Crippen LogP contribution in [0.5, 0.6) is 5.75 Å². The highest BCUT2D eigenvalue weighted by atomic mass is 35.5. The van der Waals surface area contributed by atoms with Crippen molar-refractivity contribution in [2.24, 2.45) is 7.05 Å². The summed E-state index contributed by atoms with van der Waals surface area (Å²) in [5, 5.41) is 7.82. The Balaban J connectivity index is 2.08. The van der Waals surface area contributed by atoms with Crippen LogP contribution in [-0.4, -0.2) is 22.8 Å². The predicted octanol–water partition coefficient (Wildman–Crippen LogP) is 3.31. The first kappa shape index (κ1) is 17.3. The molecular weight excluding hydrogens is 314 g/mol. The van der Waals surface area contributed by atoms with E-state index in [1.54, 1.807) is 31.0 Å². The molecular formula is C17H22ClN3O2. The molecule has 0 atom stereocenters. The Labute approximate surface area is 141 Å². The fourth-order valence-corrected chi connectivity index (χ4v) is 2.42. The van der Waals surface area contributed by atoms with Gasteiger partial charge in [0.2, 0.25) is 0 Å². The van der Waals surface area contributed by atoms with Gasteiger partial charge in [0.05, 0.1) is 17.8 Å². The molecule has 23 heavy (non-hydrogen) atoms. The van der Waals surface area contributed by atoms with Crippen LogP contribution < -0.4 is 10.1 Å². The summed E-state index contributed by atoms with van der Waals surface area (Å²) in [4.78, 5) is 12.4. The summed E-state index contributed by atoms with van der Waals surface area (Å²) in [5.74, 6) is 0.450. The van der Waals surface area contributed by atoms with Crippen molar-refractivity contribution in [1.29, 1.82) is 0 Å². The van der Waals surface area contributed by atoms with Crippen LogP contribution in [0, 0.1) is 0 Å². The van der Waals surface area contributed by atoms with Gasteiger partial charge in [0.25, 0.3) is 5.91 Å². The monoisotopic (exact) mass is 335 g/mol. The summed E-state index contributed by atoms with van der Waals surface area (Å²) in [5.41, 5.74) is 2.23. The highest BCUT2D eigenvalue weighted by Crippen LogP contribution is 2.25.